The number of carbonyl (C=O) groups is 1. The van der Waals surface area contributed by atoms with E-state index in [-0.39, 0.29) is 5.11 Å². The first-order valence-electron chi connectivity index (χ1n) is 12.6. The summed E-state index contributed by atoms with van der Waals surface area (Å²) in [5.74, 6) is 1.25. The molecule has 0 aliphatic rings. The highest BCUT2D eigenvalue weighted by atomic mass is 35.5. The van der Waals surface area contributed by atoms with Gasteiger partial charge in [-0.05, 0) is 84.7 Å². The number of nitrogens with one attached hydrogen (secondary N) is 2. The maximum atomic E-state index is 12.5. The van der Waals surface area contributed by atoms with Gasteiger partial charge in [-0.2, -0.15) is 0 Å². The molecular formula is C32H21Cl2N3O3S. The molecule has 4 aromatic carbocycles. The van der Waals surface area contributed by atoms with Crippen LogP contribution in [0.3, 0.4) is 0 Å². The molecule has 41 heavy (non-hydrogen) atoms. The second-order valence-corrected chi connectivity index (χ2v) is 10.5. The van der Waals surface area contributed by atoms with Crippen LogP contribution in [0, 0.1) is 6.92 Å². The molecule has 0 fully saturated rings. The number of hydrogen-bond donors (Lipinski definition) is 2. The van der Waals surface area contributed by atoms with Gasteiger partial charge in [-0.15, -0.1) is 0 Å². The van der Waals surface area contributed by atoms with E-state index in [2.05, 4.69) is 15.6 Å². The van der Waals surface area contributed by atoms with E-state index < -0.39 is 5.91 Å². The number of carbonyl (C=O) groups excluding carboxylic acids is 1. The molecule has 9 heteroatoms. The normalized spacial score (nSPS) is 11.4. The van der Waals surface area contributed by atoms with Crippen molar-refractivity contribution in [1.82, 2.24) is 10.3 Å². The van der Waals surface area contributed by atoms with E-state index in [1.807, 2.05) is 67.6 Å². The monoisotopic (exact) mass is 597 g/mol. The summed E-state index contributed by atoms with van der Waals surface area (Å²) >= 11 is 17.9. The van der Waals surface area contributed by atoms with E-state index in [0.717, 1.165) is 27.5 Å². The van der Waals surface area contributed by atoms with Gasteiger partial charge >= 0.3 is 0 Å². The van der Waals surface area contributed by atoms with Crippen molar-refractivity contribution in [3.63, 3.8) is 0 Å². The molecule has 2 aromatic heterocycles. The molecule has 0 unspecified atom stereocenters. The molecule has 0 radical (unpaired) electrons. The summed E-state index contributed by atoms with van der Waals surface area (Å²) in [6.07, 6.45) is 2.92. The Bertz CT molecular complexity index is 1990. The zero-order chi connectivity index (χ0) is 28.5. The molecule has 0 aliphatic heterocycles. The molecule has 0 aliphatic carbocycles. The second-order valence-electron chi connectivity index (χ2n) is 9.28. The van der Waals surface area contributed by atoms with Crippen LogP contribution in [-0.2, 0) is 4.79 Å². The summed E-state index contributed by atoms with van der Waals surface area (Å²) in [6.45, 7) is 1.94. The van der Waals surface area contributed by atoms with Gasteiger partial charge in [0, 0.05) is 38.3 Å². The van der Waals surface area contributed by atoms with Crippen LogP contribution in [0.2, 0.25) is 10.0 Å². The van der Waals surface area contributed by atoms with E-state index in [4.69, 9.17) is 44.3 Å². The first-order chi connectivity index (χ1) is 19.8. The Labute approximate surface area is 250 Å². The first kappa shape index (κ1) is 26.8. The van der Waals surface area contributed by atoms with Gasteiger partial charge in [0.1, 0.15) is 17.0 Å². The molecule has 6 nitrogen and oxygen atoms in total. The molecule has 1 amide bonds. The topological polar surface area (TPSA) is 80.3 Å². The maximum Gasteiger partial charge on any atom is 0.250 e. The number of oxazole rings is 1. The lowest BCUT2D eigenvalue weighted by Crippen LogP contribution is -2.32. The molecule has 2 N–H and O–H groups in total. The van der Waals surface area contributed by atoms with Crippen molar-refractivity contribution in [2.24, 2.45) is 0 Å². The van der Waals surface area contributed by atoms with Crippen LogP contribution in [0.4, 0.5) is 5.69 Å². The number of benzene rings is 4. The highest BCUT2D eigenvalue weighted by Crippen LogP contribution is 2.34. The first-order valence-corrected chi connectivity index (χ1v) is 13.7. The second kappa shape index (κ2) is 11.2. The lowest BCUT2D eigenvalue weighted by atomic mass is 10.0. The molecule has 0 bridgehead atoms. The number of halogens is 2. The summed E-state index contributed by atoms with van der Waals surface area (Å²) in [6, 6.07) is 26.3. The van der Waals surface area contributed by atoms with Crippen molar-refractivity contribution >= 4 is 80.1 Å². The van der Waals surface area contributed by atoms with Crippen LogP contribution >= 0.6 is 35.4 Å². The van der Waals surface area contributed by atoms with E-state index >= 15 is 0 Å². The number of aromatic nitrogens is 1. The highest BCUT2D eigenvalue weighted by Gasteiger charge is 2.13. The van der Waals surface area contributed by atoms with E-state index in [1.165, 1.54) is 6.08 Å². The number of thiocarbonyl (C=S) groups is 1. The zero-order valence-corrected chi connectivity index (χ0v) is 23.9. The van der Waals surface area contributed by atoms with Gasteiger partial charge in [-0.1, -0.05) is 59.6 Å². The Balaban J connectivity index is 1.11. The van der Waals surface area contributed by atoms with Crippen molar-refractivity contribution in [3.8, 4) is 22.8 Å². The summed E-state index contributed by atoms with van der Waals surface area (Å²) in [7, 11) is 0. The number of furan rings is 1. The average Bonchev–Trinajstić information content (AvgIpc) is 3.60. The molecule has 0 spiro atoms. The summed E-state index contributed by atoms with van der Waals surface area (Å²) in [5.41, 5.74) is 4.60. The molecule has 6 rings (SSSR count). The quantitative estimate of drug-likeness (QED) is 0.152. The maximum absolute atomic E-state index is 12.5. The van der Waals surface area contributed by atoms with Crippen molar-refractivity contribution < 1.29 is 13.6 Å². The van der Waals surface area contributed by atoms with Crippen LogP contribution in [0.5, 0.6) is 0 Å². The van der Waals surface area contributed by atoms with Gasteiger partial charge < -0.3 is 14.2 Å². The predicted octanol–water partition coefficient (Wildman–Crippen LogP) is 9.05. The Morgan fingerprint density at radius 1 is 0.902 bits per heavy atom. The number of hydrogen-bond acceptors (Lipinski definition) is 5. The predicted molar refractivity (Wildman–Crippen MR) is 169 cm³/mol. The molecule has 0 saturated heterocycles. The number of anilines is 1. The fraction of sp³-hybridized carbons (Fsp3) is 0.0312. The standard InChI is InChI=1S/C32H21Cl2N3O3S/c1-18-8-9-19(16-26(18)34)28-14-11-21(39-28)12-15-30(38)37-32(41)35-20-10-13-29-27(17-20)36-31(40-29)24-6-2-5-23-22(24)4-3-7-25(23)33/h2-17H,1H3,(H2,35,37,38,41)/b15-12+. The van der Waals surface area contributed by atoms with Gasteiger partial charge in [0.25, 0.3) is 0 Å². The van der Waals surface area contributed by atoms with Crippen molar-refractivity contribution in [3.05, 3.63) is 112 Å². The summed E-state index contributed by atoms with van der Waals surface area (Å²) in [5, 5.41) is 8.99. The van der Waals surface area contributed by atoms with Gasteiger partial charge in [-0.3, -0.25) is 10.1 Å². The molecule has 202 valence electrons. The SMILES string of the molecule is Cc1ccc(-c2ccc(/C=C/C(=O)NC(=S)Nc3ccc4oc(-c5cccc6c(Cl)cccc56)nc4c3)o2)cc1Cl. The van der Waals surface area contributed by atoms with Crippen molar-refractivity contribution in [2.45, 2.75) is 6.92 Å². The molecular weight excluding hydrogens is 577 g/mol. The van der Waals surface area contributed by atoms with E-state index in [9.17, 15) is 4.79 Å². The van der Waals surface area contributed by atoms with Crippen LogP contribution < -0.4 is 10.6 Å². The Morgan fingerprint density at radius 2 is 1.73 bits per heavy atom. The van der Waals surface area contributed by atoms with Crippen LogP contribution in [0.15, 0.2) is 99.8 Å². The minimum atomic E-state index is -0.404. The largest absolute Gasteiger partial charge is 0.457 e. The Morgan fingerprint density at radius 3 is 2.59 bits per heavy atom. The minimum Gasteiger partial charge on any atom is -0.457 e. The third-order valence-electron chi connectivity index (χ3n) is 6.46. The van der Waals surface area contributed by atoms with Crippen LogP contribution in [-0.4, -0.2) is 16.0 Å². The van der Waals surface area contributed by atoms with Crippen molar-refractivity contribution in [1.29, 1.82) is 0 Å². The molecule has 0 saturated carbocycles. The average molecular weight is 599 g/mol. The lowest BCUT2D eigenvalue weighted by molar-refractivity contribution is -0.115. The Hall–Kier alpha value is -4.43. The Kier molecular flexibility index (Phi) is 7.32. The van der Waals surface area contributed by atoms with Crippen LogP contribution in [0.1, 0.15) is 11.3 Å². The van der Waals surface area contributed by atoms with Gasteiger partial charge in [0.05, 0.1) is 0 Å². The van der Waals surface area contributed by atoms with Gasteiger partial charge in [-0.25, -0.2) is 4.98 Å². The minimum absolute atomic E-state index is 0.140. The fourth-order valence-corrected chi connectivity index (χ4v) is 5.03. The van der Waals surface area contributed by atoms with E-state index in [0.29, 0.717) is 44.2 Å². The molecule has 6 aromatic rings. The van der Waals surface area contributed by atoms with Gasteiger partial charge in [0.2, 0.25) is 11.8 Å². The number of aryl methyl sites for hydroxylation is 1. The third-order valence-corrected chi connectivity index (χ3v) is 7.40. The molecule has 2 heterocycles. The van der Waals surface area contributed by atoms with Crippen LogP contribution in [0.25, 0.3) is 50.7 Å². The number of fused-ring (bicyclic) bond motifs is 2. The third kappa shape index (κ3) is 5.74. The summed E-state index contributed by atoms with van der Waals surface area (Å²) < 4.78 is 11.9. The van der Waals surface area contributed by atoms with E-state index in [1.54, 1.807) is 30.3 Å². The molecule has 0 atom stereocenters. The number of nitrogens with zero attached hydrogens (tertiary/aromatic N) is 1. The lowest BCUT2D eigenvalue weighted by Gasteiger charge is -2.07. The number of rotatable bonds is 5. The smallest absolute Gasteiger partial charge is 0.250 e. The van der Waals surface area contributed by atoms with Crippen molar-refractivity contribution in [2.75, 3.05) is 5.32 Å². The summed E-state index contributed by atoms with van der Waals surface area (Å²) in [4.78, 5) is 17.1. The fourth-order valence-electron chi connectivity index (χ4n) is 4.40. The zero-order valence-electron chi connectivity index (χ0n) is 21.6. The number of amides is 1. The van der Waals surface area contributed by atoms with Gasteiger partial charge in [0.15, 0.2) is 10.7 Å². The highest BCUT2D eigenvalue weighted by molar-refractivity contribution is 7.80.